The Balaban J connectivity index is 1.27. The molecular weight excluding hydrogens is 438 g/mol. The van der Waals surface area contributed by atoms with Crippen LogP contribution in [0.5, 0.6) is 0 Å². The first-order chi connectivity index (χ1) is 14.5. The number of aliphatic imine (C=N–C) groups is 1. The molecule has 0 saturated carbocycles. The molecule has 9 heteroatoms. The third-order valence-electron chi connectivity index (χ3n) is 5.05. The highest BCUT2D eigenvalue weighted by Crippen LogP contribution is 2.34. The van der Waals surface area contributed by atoms with E-state index in [1.54, 1.807) is 16.7 Å². The molecule has 2 aromatic carbocycles. The van der Waals surface area contributed by atoms with Gasteiger partial charge in [-0.1, -0.05) is 72.1 Å². The van der Waals surface area contributed by atoms with Crippen LogP contribution >= 0.6 is 23.5 Å². The molecule has 0 atom stereocenters. The summed E-state index contributed by atoms with van der Waals surface area (Å²) in [5.74, 6) is 1.22. The first-order valence-corrected chi connectivity index (χ1v) is 13.3. The van der Waals surface area contributed by atoms with Crippen LogP contribution in [0.1, 0.15) is 11.1 Å². The Morgan fingerprint density at radius 3 is 2.47 bits per heavy atom. The van der Waals surface area contributed by atoms with Crippen LogP contribution in [0.4, 0.5) is 5.69 Å². The number of hydrogen-bond donors (Lipinski definition) is 0. The number of thioether (sulfide) groups is 2. The highest BCUT2D eigenvalue weighted by molar-refractivity contribution is 8.38. The summed E-state index contributed by atoms with van der Waals surface area (Å²) in [4.78, 5) is 19.0. The number of carbonyl (C=O) groups excluding carboxylic acids is 1. The molecule has 0 unspecified atom stereocenters. The summed E-state index contributed by atoms with van der Waals surface area (Å²) in [5.41, 5.74) is 2.97. The Labute approximate surface area is 185 Å². The molecule has 0 spiro atoms. The highest BCUT2D eigenvalue weighted by Gasteiger charge is 2.29. The van der Waals surface area contributed by atoms with Gasteiger partial charge in [0.1, 0.15) is 4.38 Å². The molecule has 1 fully saturated rings. The summed E-state index contributed by atoms with van der Waals surface area (Å²) in [6.45, 7) is 1.54. The van der Waals surface area contributed by atoms with Crippen molar-refractivity contribution in [1.29, 1.82) is 0 Å². The monoisotopic (exact) mass is 461 g/mol. The molecule has 2 heterocycles. The average Bonchev–Trinajstić information content (AvgIpc) is 2.78. The summed E-state index contributed by atoms with van der Waals surface area (Å²) < 4.78 is 27.7. The maximum atomic E-state index is 12.7. The molecule has 1 saturated heterocycles. The van der Waals surface area contributed by atoms with E-state index in [2.05, 4.69) is 11.1 Å². The number of fused-ring (bicyclic) bond motifs is 1. The van der Waals surface area contributed by atoms with Crippen molar-refractivity contribution in [2.75, 3.05) is 31.9 Å². The fourth-order valence-electron chi connectivity index (χ4n) is 3.39. The topological polar surface area (TPSA) is 70.1 Å². The molecule has 0 radical (unpaired) electrons. The molecule has 6 nitrogen and oxygen atoms in total. The SMILES string of the molecule is O=C(CSC1=Nc2ccccc2CS1)N1CCN(S(=O)(=O)Cc2ccccc2)CC1. The van der Waals surface area contributed by atoms with Gasteiger partial charge in [0.05, 0.1) is 17.2 Å². The smallest absolute Gasteiger partial charge is 0.233 e. The summed E-state index contributed by atoms with van der Waals surface area (Å²) >= 11 is 3.11. The van der Waals surface area contributed by atoms with Crippen molar-refractivity contribution >= 4 is 49.5 Å². The van der Waals surface area contributed by atoms with E-state index in [9.17, 15) is 13.2 Å². The second kappa shape index (κ2) is 9.55. The second-order valence-corrected chi connectivity index (χ2v) is 11.3. The number of sulfonamides is 1. The Morgan fingerprint density at radius 1 is 1.00 bits per heavy atom. The van der Waals surface area contributed by atoms with Gasteiger partial charge in [-0.15, -0.1) is 0 Å². The second-order valence-electron chi connectivity index (χ2n) is 7.11. The molecule has 2 aliphatic heterocycles. The number of amides is 1. The van der Waals surface area contributed by atoms with Crippen LogP contribution in [0.15, 0.2) is 59.6 Å². The maximum absolute atomic E-state index is 12.7. The Hall–Kier alpha value is -1.81. The van der Waals surface area contributed by atoms with Gasteiger partial charge >= 0.3 is 0 Å². The van der Waals surface area contributed by atoms with Gasteiger partial charge in [0.25, 0.3) is 0 Å². The van der Waals surface area contributed by atoms with E-state index in [1.165, 1.54) is 21.6 Å². The quantitative estimate of drug-likeness (QED) is 0.683. The van der Waals surface area contributed by atoms with Crippen LogP contribution < -0.4 is 0 Å². The fourth-order valence-corrected chi connectivity index (χ4v) is 6.87. The lowest BCUT2D eigenvalue weighted by molar-refractivity contribution is -0.129. The Morgan fingerprint density at radius 2 is 1.70 bits per heavy atom. The summed E-state index contributed by atoms with van der Waals surface area (Å²) in [6.07, 6.45) is 0. The molecule has 158 valence electrons. The van der Waals surface area contributed by atoms with Crippen molar-refractivity contribution < 1.29 is 13.2 Å². The molecule has 30 heavy (non-hydrogen) atoms. The number of hydrogen-bond acceptors (Lipinski definition) is 6. The third-order valence-corrected chi connectivity index (χ3v) is 9.13. The normalized spacial score (nSPS) is 17.3. The van der Waals surface area contributed by atoms with Crippen molar-refractivity contribution in [3.63, 3.8) is 0 Å². The maximum Gasteiger partial charge on any atom is 0.233 e. The van der Waals surface area contributed by atoms with Crippen LogP contribution in [0, 0.1) is 0 Å². The van der Waals surface area contributed by atoms with Gasteiger partial charge in [-0.05, 0) is 17.2 Å². The van der Waals surface area contributed by atoms with Crippen molar-refractivity contribution in [3.05, 3.63) is 65.7 Å². The molecule has 2 aromatic rings. The van der Waals surface area contributed by atoms with Crippen LogP contribution in [-0.4, -0.2) is 59.8 Å². The Kier molecular flexibility index (Phi) is 6.82. The van der Waals surface area contributed by atoms with E-state index in [4.69, 9.17) is 0 Å². The minimum absolute atomic E-state index is 0.00381. The van der Waals surface area contributed by atoms with Crippen LogP contribution in [0.3, 0.4) is 0 Å². The highest BCUT2D eigenvalue weighted by atomic mass is 32.2. The van der Waals surface area contributed by atoms with Gasteiger partial charge in [0, 0.05) is 31.9 Å². The van der Waals surface area contributed by atoms with Crippen LogP contribution in [0.2, 0.25) is 0 Å². The Bertz CT molecular complexity index is 1030. The first kappa shape index (κ1) is 21.4. The molecule has 0 bridgehead atoms. The first-order valence-electron chi connectivity index (χ1n) is 9.73. The minimum Gasteiger partial charge on any atom is -0.339 e. The summed E-state index contributed by atoms with van der Waals surface area (Å²) in [6, 6.07) is 17.2. The van der Waals surface area contributed by atoms with E-state index in [0.29, 0.717) is 31.9 Å². The molecule has 4 rings (SSSR count). The minimum atomic E-state index is -3.38. The van der Waals surface area contributed by atoms with E-state index in [1.807, 2.05) is 48.5 Å². The predicted octanol–water partition coefficient (Wildman–Crippen LogP) is 3.33. The predicted molar refractivity (Wildman–Crippen MR) is 125 cm³/mol. The lowest BCUT2D eigenvalue weighted by atomic mass is 10.2. The number of benzene rings is 2. The molecule has 0 N–H and O–H groups in total. The van der Waals surface area contributed by atoms with E-state index >= 15 is 0 Å². The number of piperazine rings is 1. The van der Waals surface area contributed by atoms with Gasteiger partial charge in [0.2, 0.25) is 15.9 Å². The largest absolute Gasteiger partial charge is 0.339 e. The lowest BCUT2D eigenvalue weighted by Crippen LogP contribution is -2.51. The van der Waals surface area contributed by atoms with Crippen molar-refractivity contribution in [1.82, 2.24) is 9.21 Å². The lowest BCUT2D eigenvalue weighted by Gasteiger charge is -2.34. The average molecular weight is 462 g/mol. The third kappa shape index (κ3) is 5.26. The number of nitrogens with zero attached hydrogens (tertiary/aromatic N) is 3. The molecule has 1 amide bonds. The zero-order valence-corrected chi connectivity index (χ0v) is 18.9. The van der Waals surface area contributed by atoms with Gasteiger partial charge < -0.3 is 4.90 Å². The van der Waals surface area contributed by atoms with Gasteiger partial charge in [-0.3, -0.25) is 4.79 Å². The van der Waals surface area contributed by atoms with E-state index in [0.717, 1.165) is 21.4 Å². The zero-order chi connectivity index (χ0) is 21.0. The number of rotatable bonds is 5. The van der Waals surface area contributed by atoms with E-state index < -0.39 is 10.0 Å². The van der Waals surface area contributed by atoms with Gasteiger partial charge in [-0.25, -0.2) is 13.4 Å². The fraction of sp³-hybridized carbons (Fsp3) is 0.333. The molecule has 2 aliphatic rings. The van der Waals surface area contributed by atoms with Crippen LogP contribution in [-0.2, 0) is 26.3 Å². The van der Waals surface area contributed by atoms with Gasteiger partial charge in [-0.2, -0.15) is 4.31 Å². The van der Waals surface area contributed by atoms with Gasteiger partial charge in [0.15, 0.2) is 0 Å². The van der Waals surface area contributed by atoms with Crippen molar-refractivity contribution in [2.45, 2.75) is 11.5 Å². The molecule has 0 aromatic heterocycles. The molecule has 0 aliphatic carbocycles. The summed E-state index contributed by atoms with van der Waals surface area (Å²) in [7, 11) is -3.38. The summed E-state index contributed by atoms with van der Waals surface area (Å²) in [5, 5.41) is 0. The van der Waals surface area contributed by atoms with Crippen LogP contribution in [0.25, 0.3) is 0 Å². The standard InChI is InChI=1S/C21H23N3O3S3/c25-20(15-29-21-22-19-9-5-4-8-18(19)14-28-21)23-10-12-24(13-11-23)30(26,27)16-17-6-2-1-3-7-17/h1-9H,10-16H2. The van der Waals surface area contributed by atoms with Crippen molar-refractivity contribution in [3.8, 4) is 0 Å². The zero-order valence-electron chi connectivity index (χ0n) is 16.4. The number of carbonyl (C=O) groups is 1. The molecular formula is C21H23N3O3S3. The van der Waals surface area contributed by atoms with E-state index in [-0.39, 0.29) is 11.7 Å². The number of para-hydroxylation sites is 1. The van der Waals surface area contributed by atoms with Crippen molar-refractivity contribution in [2.24, 2.45) is 4.99 Å².